The lowest BCUT2D eigenvalue weighted by Gasteiger charge is -2.29. The Morgan fingerprint density at radius 1 is 1.06 bits per heavy atom. The van der Waals surface area contributed by atoms with Crippen molar-refractivity contribution >= 4 is 11.4 Å². The Morgan fingerprint density at radius 3 is 1.94 bits per heavy atom. The van der Waals surface area contributed by atoms with Gasteiger partial charge in [-0.25, -0.2) is 0 Å². The van der Waals surface area contributed by atoms with E-state index in [0.29, 0.717) is 17.8 Å². The Bertz CT molecular complexity index is 249. The van der Waals surface area contributed by atoms with Crippen molar-refractivity contribution in [3.63, 3.8) is 0 Å². The monoisotopic (exact) mass is 227 g/mol. The molecule has 0 heterocycles. The van der Waals surface area contributed by atoms with Gasteiger partial charge in [0.2, 0.25) is 0 Å². The molecule has 4 heteroatoms. The predicted molar refractivity (Wildman–Crippen MR) is 69.8 cm³/mol. The van der Waals surface area contributed by atoms with Crippen LogP contribution in [0.3, 0.4) is 0 Å². The summed E-state index contributed by atoms with van der Waals surface area (Å²) in [4.78, 5) is 6.77. The van der Waals surface area contributed by atoms with Crippen molar-refractivity contribution in [1.82, 2.24) is 4.90 Å². The third-order valence-electron chi connectivity index (χ3n) is 2.71. The zero-order valence-electron chi connectivity index (χ0n) is 11.4. The summed E-state index contributed by atoms with van der Waals surface area (Å²) in [5, 5.41) is 11.7. The molecule has 16 heavy (non-hydrogen) atoms. The fourth-order valence-electron chi connectivity index (χ4n) is 1.63. The van der Waals surface area contributed by atoms with E-state index >= 15 is 0 Å². The minimum atomic E-state index is 0.531. The topological polar surface area (TPSA) is 48.2 Å². The molecule has 0 atom stereocenters. The van der Waals surface area contributed by atoms with Crippen molar-refractivity contribution in [3.8, 4) is 0 Å². The lowest BCUT2D eigenvalue weighted by atomic mass is 10.2. The lowest BCUT2D eigenvalue weighted by molar-refractivity contribution is 0.181. The van der Waals surface area contributed by atoms with Crippen LogP contribution in [-0.4, -0.2) is 46.7 Å². The molecule has 4 nitrogen and oxygen atoms in total. The van der Waals surface area contributed by atoms with Gasteiger partial charge in [0.25, 0.3) is 0 Å². The molecule has 0 aliphatic carbocycles. The highest BCUT2D eigenvalue weighted by Crippen LogP contribution is 2.04. The quantitative estimate of drug-likeness (QED) is 0.430. The molecule has 0 aliphatic rings. The number of aliphatic imine (C=N–C) groups is 1. The van der Waals surface area contributed by atoms with E-state index in [-0.39, 0.29) is 0 Å². The molecule has 0 rings (SSSR count). The first-order valence-corrected chi connectivity index (χ1v) is 5.86. The predicted octanol–water partition coefficient (Wildman–Crippen LogP) is 2.42. The number of hydrogen-bond donors (Lipinski definition) is 1. The van der Waals surface area contributed by atoms with Crippen molar-refractivity contribution < 1.29 is 5.21 Å². The molecule has 0 unspecified atom stereocenters. The Morgan fingerprint density at radius 2 is 1.56 bits per heavy atom. The van der Waals surface area contributed by atoms with Gasteiger partial charge in [0.1, 0.15) is 0 Å². The summed E-state index contributed by atoms with van der Waals surface area (Å²) in [6, 6.07) is 1.06. The van der Waals surface area contributed by atoms with Crippen LogP contribution in [0.25, 0.3) is 0 Å². The van der Waals surface area contributed by atoms with Crippen molar-refractivity contribution in [2.45, 2.75) is 53.6 Å². The summed E-state index contributed by atoms with van der Waals surface area (Å²) in [6.07, 6.45) is 0. The summed E-state index contributed by atoms with van der Waals surface area (Å²) >= 11 is 0. The van der Waals surface area contributed by atoms with Crippen molar-refractivity contribution in [2.75, 3.05) is 13.1 Å². The normalized spacial score (nSPS) is 14.3. The first-order chi connectivity index (χ1) is 7.40. The molecule has 0 radical (unpaired) electrons. The van der Waals surface area contributed by atoms with Crippen molar-refractivity contribution in [3.05, 3.63) is 0 Å². The molecule has 0 fully saturated rings. The van der Waals surface area contributed by atoms with Gasteiger partial charge in [0.15, 0.2) is 0 Å². The van der Waals surface area contributed by atoms with Gasteiger partial charge < -0.3 is 5.21 Å². The van der Waals surface area contributed by atoms with E-state index in [1.54, 1.807) is 6.92 Å². The second kappa shape index (κ2) is 7.39. The van der Waals surface area contributed by atoms with E-state index in [1.165, 1.54) is 0 Å². The second-order valence-electron chi connectivity index (χ2n) is 4.58. The lowest BCUT2D eigenvalue weighted by Crippen LogP contribution is -2.38. The average Bonchev–Trinajstić information content (AvgIpc) is 2.21. The van der Waals surface area contributed by atoms with E-state index in [9.17, 15) is 0 Å². The van der Waals surface area contributed by atoms with Crippen LogP contribution in [0, 0.1) is 0 Å². The molecule has 0 bridgehead atoms. The van der Waals surface area contributed by atoms with Gasteiger partial charge in [-0.3, -0.25) is 9.89 Å². The van der Waals surface area contributed by atoms with Gasteiger partial charge >= 0.3 is 0 Å². The highest BCUT2D eigenvalue weighted by molar-refractivity contribution is 6.40. The Balaban J connectivity index is 4.23. The number of rotatable bonds is 6. The standard InChI is InChI=1S/C12H25N3O/c1-9(2)15(10(3)4)8-7-13-11(5)12(6)14-16/h9-10,16H,7-8H2,1-6H3/b13-11?,14-12+. The van der Waals surface area contributed by atoms with Crippen LogP contribution in [0.15, 0.2) is 10.1 Å². The first-order valence-electron chi connectivity index (χ1n) is 5.86. The Labute approximate surface area is 99.1 Å². The number of nitrogens with zero attached hydrogens (tertiary/aromatic N) is 3. The smallest absolute Gasteiger partial charge is 0.0971 e. The molecule has 0 aromatic carbocycles. The van der Waals surface area contributed by atoms with Gasteiger partial charge in [-0.15, -0.1) is 0 Å². The van der Waals surface area contributed by atoms with Crippen molar-refractivity contribution in [2.24, 2.45) is 10.1 Å². The minimum absolute atomic E-state index is 0.531. The maximum Gasteiger partial charge on any atom is 0.0971 e. The van der Waals surface area contributed by atoms with Gasteiger partial charge in [0, 0.05) is 18.6 Å². The maximum absolute atomic E-state index is 8.59. The highest BCUT2D eigenvalue weighted by atomic mass is 16.4. The third kappa shape index (κ3) is 5.26. The van der Waals surface area contributed by atoms with Crippen LogP contribution in [-0.2, 0) is 0 Å². The number of hydrogen-bond acceptors (Lipinski definition) is 4. The molecule has 0 amide bonds. The first kappa shape index (κ1) is 15.1. The molecular formula is C12H25N3O. The summed E-state index contributed by atoms with van der Waals surface area (Å²) in [6.45, 7) is 14.1. The molecule has 0 aliphatic heterocycles. The fraction of sp³-hybridized carbons (Fsp3) is 0.833. The van der Waals surface area contributed by atoms with Crippen LogP contribution in [0.2, 0.25) is 0 Å². The summed E-state index contributed by atoms with van der Waals surface area (Å²) in [7, 11) is 0. The van der Waals surface area contributed by atoms with Gasteiger partial charge in [0.05, 0.1) is 18.0 Å². The minimum Gasteiger partial charge on any atom is -0.411 e. The molecule has 0 saturated carbocycles. The number of oxime groups is 1. The van der Waals surface area contributed by atoms with E-state index in [4.69, 9.17) is 5.21 Å². The Kier molecular flexibility index (Phi) is 6.97. The largest absolute Gasteiger partial charge is 0.411 e. The molecule has 1 N–H and O–H groups in total. The van der Waals surface area contributed by atoms with Crippen LogP contribution >= 0.6 is 0 Å². The molecule has 94 valence electrons. The third-order valence-corrected chi connectivity index (χ3v) is 2.71. The van der Waals surface area contributed by atoms with E-state index in [1.807, 2.05) is 6.92 Å². The van der Waals surface area contributed by atoms with Gasteiger partial charge in [-0.05, 0) is 41.5 Å². The highest BCUT2D eigenvalue weighted by Gasteiger charge is 2.12. The van der Waals surface area contributed by atoms with E-state index < -0.39 is 0 Å². The van der Waals surface area contributed by atoms with Crippen LogP contribution < -0.4 is 0 Å². The maximum atomic E-state index is 8.59. The average molecular weight is 227 g/mol. The Hall–Kier alpha value is -0.900. The second-order valence-corrected chi connectivity index (χ2v) is 4.58. The summed E-state index contributed by atoms with van der Waals surface area (Å²) in [5.74, 6) is 0. The SMILES string of the molecule is CC(=NCCN(C(C)C)C(C)C)/C(C)=N/O. The van der Waals surface area contributed by atoms with Crippen LogP contribution in [0.1, 0.15) is 41.5 Å². The molecule has 0 saturated heterocycles. The van der Waals surface area contributed by atoms with Crippen LogP contribution in [0.5, 0.6) is 0 Å². The molecule has 0 aromatic heterocycles. The molecular weight excluding hydrogens is 202 g/mol. The van der Waals surface area contributed by atoms with Gasteiger partial charge in [-0.2, -0.15) is 0 Å². The van der Waals surface area contributed by atoms with E-state index in [2.05, 4.69) is 42.7 Å². The van der Waals surface area contributed by atoms with Crippen LogP contribution in [0.4, 0.5) is 0 Å². The fourth-order valence-corrected chi connectivity index (χ4v) is 1.63. The summed E-state index contributed by atoms with van der Waals surface area (Å²) < 4.78 is 0. The summed E-state index contributed by atoms with van der Waals surface area (Å²) in [5.41, 5.74) is 1.38. The zero-order valence-corrected chi connectivity index (χ0v) is 11.4. The van der Waals surface area contributed by atoms with E-state index in [0.717, 1.165) is 18.8 Å². The van der Waals surface area contributed by atoms with Gasteiger partial charge in [-0.1, -0.05) is 5.16 Å². The zero-order chi connectivity index (χ0) is 12.7. The van der Waals surface area contributed by atoms with Crippen molar-refractivity contribution in [1.29, 1.82) is 0 Å². The molecule has 0 spiro atoms. The molecule has 0 aromatic rings.